The lowest BCUT2D eigenvalue weighted by Crippen LogP contribution is -2.29. The lowest BCUT2D eigenvalue weighted by Gasteiger charge is -2.18. The first kappa shape index (κ1) is 9.37. The summed E-state index contributed by atoms with van der Waals surface area (Å²) in [5.74, 6) is 0. The molecule has 0 saturated carbocycles. The molecular weight excluding hydrogens is 178 g/mol. The Morgan fingerprint density at radius 1 is 1.33 bits per heavy atom. The van der Waals surface area contributed by atoms with Crippen molar-refractivity contribution in [1.82, 2.24) is 9.36 Å². The Labute approximate surface area is 74.5 Å². The van der Waals surface area contributed by atoms with E-state index in [1.807, 2.05) is 0 Å². The van der Waals surface area contributed by atoms with Crippen LogP contribution in [-0.4, -0.2) is 45.9 Å². The van der Waals surface area contributed by atoms with Crippen LogP contribution in [-0.2, 0) is 0 Å². The third kappa shape index (κ3) is 2.40. The van der Waals surface area contributed by atoms with Crippen LogP contribution in [0.2, 0.25) is 0 Å². The van der Waals surface area contributed by atoms with Crippen molar-refractivity contribution in [3.05, 3.63) is 6.33 Å². The average Bonchev–Trinajstić information content (AvgIpc) is 2.56. The smallest absolute Gasteiger partial charge is 0.205 e. The molecule has 0 fully saturated rings. The summed E-state index contributed by atoms with van der Waals surface area (Å²) in [5.41, 5.74) is 0. The molecule has 0 saturated heterocycles. The zero-order chi connectivity index (χ0) is 8.81. The third-order valence-corrected chi connectivity index (χ3v) is 2.09. The van der Waals surface area contributed by atoms with Crippen molar-refractivity contribution in [1.29, 1.82) is 0 Å². The minimum absolute atomic E-state index is 0.0551. The monoisotopic (exact) mass is 189 g/mol. The summed E-state index contributed by atoms with van der Waals surface area (Å²) in [4.78, 5) is 5.75. The molecule has 0 spiro atoms. The summed E-state index contributed by atoms with van der Waals surface area (Å²) in [7, 11) is 0. The number of hydrogen-bond acceptors (Lipinski definition) is 6. The molecule has 0 aliphatic heterocycles. The second kappa shape index (κ2) is 5.02. The lowest BCUT2D eigenvalue weighted by atomic mass is 10.5. The van der Waals surface area contributed by atoms with Gasteiger partial charge in [0, 0.05) is 24.6 Å². The highest BCUT2D eigenvalue weighted by Gasteiger charge is 2.07. The topological polar surface area (TPSA) is 69.5 Å². The summed E-state index contributed by atoms with van der Waals surface area (Å²) in [6, 6.07) is 0. The van der Waals surface area contributed by atoms with Gasteiger partial charge in [-0.3, -0.25) is 0 Å². The van der Waals surface area contributed by atoms with Gasteiger partial charge in [-0.05, 0) is 0 Å². The molecule has 0 unspecified atom stereocenters. The van der Waals surface area contributed by atoms with Crippen LogP contribution in [0.25, 0.3) is 0 Å². The van der Waals surface area contributed by atoms with E-state index in [9.17, 15) is 0 Å². The molecule has 1 aromatic heterocycles. The predicted molar refractivity (Wildman–Crippen MR) is 46.3 cm³/mol. The maximum Gasteiger partial charge on any atom is 0.205 e. The molecular formula is C6H11N3O2S. The Bertz CT molecular complexity index is 199. The number of aromatic nitrogens is 2. The number of anilines is 1. The van der Waals surface area contributed by atoms with Crippen LogP contribution in [0.1, 0.15) is 0 Å². The summed E-state index contributed by atoms with van der Waals surface area (Å²) >= 11 is 1.25. The zero-order valence-corrected chi connectivity index (χ0v) is 7.37. The number of aliphatic hydroxyl groups excluding tert-OH is 2. The summed E-state index contributed by atoms with van der Waals surface area (Å²) in [5, 5.41) is 18.1. The fourth-order valence-corrected chi connectivity index (χ4v) is 1.43. The van der Waals surface area contributed by atoms with Crippen LogP contribution in [0.15, 0.2) is 6.33 Å². The lowest BCUT2D eigenvalue weighted by molar-refractivity contribution is 0.281. The van der Waals surface area contributed by atoms with Crippen molar-refractivity contribution >= 4 is 16.7 Å². The van der Waals surface area contributed by atoms with Crippen molar-refractivity contribution in [2.45, 2.75) is 0 Å². The van der Waals surface area contributed by atoms with Gasteiger partial charge in [0.25, 0.3) is 0 Å². The molecule has 5 nitrogen and oxygen atoms in total. The minimum atomic E-state index is 0.0551. The van der Waals surface area contributed by atoms with Crippen LogP contribution in [0.3, 0.4) is 0 Å². The van der Waals surface area contributed by atoms with Crippen LogP contribution >= 0.6 is 11.5 Å². The third-order valence-electron chi connectivity index (χ3n) is 1.36. The highest BCUT2D eigenvalue weighted by molar-refractivity contribution is 7.09. The Kier molecular flexibility index (Phi) is 3.92. The van der Waals surface area contributed by atoms with Gasteiger partial charge >= 0.3 is 0 Å². The first-order valence-electron chi connectivity index (χ1n) is 3.62. The number of hydrogen-bond donors (Lipinski definition) is 2. The van der Waals surface area contributed by atoms with E-state index in [0.29, 0.717) is 13.1 Å². The normalized spacial score (nSPS) is 10.2. The Hall–Kier alpha value is -0.720. The Morgan fingerprint density at radius 3 is 2.42 bits per heavy atom. The second-order valence-corrected chi connectivity index (χ2v) is 2.92. The predicted octanol–water partition coefficient (Wildman–Crippen LogP) is -0.671. The van der Waals surface area contributed by atoms with E-state index in [2.05, 4.69) is 9.36 Å². The van der Waals surface area contributed by atoms with E-state index >= 15 is 0 Å². The highest BCUT2D eigenvalue weighted by atomic mass is 32.1. The molecule has 68 valence electrons. The van der Waals surface area contributed by atoms with E-state index in [-0.39, 0.29) is 13.2 Å². The average molecular weight is 189 g/mol. The standard InChI is InChI=1S/C6H11N3O2S/c10-3-1-9(2-4-11)6-7-5-8-12-6/h5,10-11H,1-4H2. The van der Waals surface area contributed by atoms with E-state index in [4.69, 9.17) is 10.2 Å². The van der Waals surface area contributed by atoms with E-state index < -0.39 is 0 Å². The van der Waals surface area contributed by atoms with Gasteiger partial charge in [-0.25, -0.2) is 4.98 Å². The Balaban J connectivity index is 2.53. The quantitative estimate of drug-likeness (QED) is 0.643. The zero-order valence-electron chi connectivity index (χ0n) is 6.55. The van der Waals surface area contributed by atoms with Crippen LogP contribution in [0, 0.1) is 0 Å². The second-order valence-electron chi connectivity index (χ2n) is 2.16. The Morgan fingerprint density at radius 2 is 2.00 bits per heavy atom. The molecule has 1 heterocycles. The van der Waals surface area contributed by atoms with E-state index in [0.717, 1.165) is 5.13 Å². The molecule has 0 amide bonds. The molecule has 0 aromatic carbocycles. The molecule has 12 heavy (non-hydrogen) atoms. The molecule has 0 bridgehead atoms. The van der Waals surface area contributed by atoms with Crippen molar-refractivity contribution in [2.75, 3.05) is 31.2 Å². The van der Waals surface area contributed by atoms with Gasteiger partial charge < -0.3 is 15.1 Å². The van der Waals surface area contributed by atoms with Gasteiger partial charge in [-0.1, -0.05) is 0 Å². The maximum atomic E-state index is 8.70. The first-order valence-corrected chi connectivity index (χ1v) is 4.39. The largest absolute Gasteiger partial charge is 0.395 e. The number of aliphatic hydroxyl groups is 2. The summed E-state index contributed by atoms with van der Waals surface area (Å²) in [6.45, 7) is 1.07. The molecule has 6 heteroatoms. The molecule has 2 N–H and O–H groups in total. The molecule has 0 aliphatic carbocycles. The van der Waals surface area contributed by atoms with Crippen LogP contribution < -0.4 is 4.90 Å². The van der Waals surface area contributed by atoms with Crippen molar-refractivity contribution < 1.29 is 10.2 Å². The van der Waals surface area contributed by atoms with Crippen molar-refractivity contribution in [3.63, 3.8) is 0 Å². The molecule has 0 aliphatic rings. The summed E-state index contributed by atoms with van der Waals surface area (Å²) < 4.78 is 3.83. The van der Waals surface area contributed by atoms with Crippen molar-refractivity contribution in [3.8, 4) is 0 Å². The van der Waals surface area contributed by atoms with Gasteiger partial charge in [-0.15, -0.1) is 0 Å². The van der Waals surface area contributed by atoms with Gasteiger partial charge in [0.2, 0.25) is 5.13 Å². The van der Waals surface area contributed by atoms with Gasteiger partial charge in [0.1, 0.15) is 6.33 Å². The SMILES string of the molecule is OCCN(CCO)c1ncns1. The number of rotatable bonds is 5. The van der Waals surface area contributed by atoms with Gasteiger partial charge in [0.05, 0.1) is 13.2 Å². The van der Waals surface area contributed by atoms with Crippen LogP contribution in [0.5, 0.6) is 0 Å². The first-order chi connectivity index (χ1) is 5.88. The molecule has 0 radical (unpaired) electrons. The molecule has 1 aromatic rings. The summed E-state index contributed by atoms with van der Waals surface area (Å²) in [6.07, 6.45) is 1.46. The van der Waals surface area contributed by atoms with E-state index in [1.54, 1.807) is 4.90 Å². The maximum absolute atomic E-state index is 8.70. The highest BCUT2D eigenvalue weighted by Crippen LogP contribution is 2.13. The number of nitrogens with zero attached hydrogens (tertiary/aromatic N) is 3. The molecule has 0 atom stereocenters. The molecule has 1 rings (SSSR count). The van der Waals surface area contributed by atoms with Crippen molar-refractivity contribution in [2.24, 2.45) is 0 Å². The van der Waals surface area contributed by atoms with Gasteiger partial charge in [-0.2, -0.15) is 4.37 Å². The van der Waals surface area contributed by atoms with Gasteiger partial charge in [0.15, 0.2) is 0 Å². The van der Waals surface area contributed by atoms with E-state index in [1.165, 1.54) is 17.9 Å². The van der Waals surface area contributed by atoms with Crippen LogP contribution in [0.4, 0.5) is 5.13 Å². The minimum Gasteiger partial charge on any atom is -0.395 e. The fraction of sp³-hybridized carbons (Fsp3) is 0.667. The fourth-order valence-electron chi connectivity index (χ4n) is 0.851.